The van der Waals surface area contributed by atoms with Crippen LogP contribution in [0.25, 0.3) is 21.9 Å². The van der Waals surface area contributed by atoms with Crippen molar-refractivity contribution in [1.29, 1.82) is 0 Å². The van der Waals surface area contributed by atoms with Crippen LogP contribution in [0.4, 0.5) is 5.82 Å². The van der Waals surface area contributed by atoms with Crippen molar-refractivity contribution in [3.05, 3.63) is 23.3 Å². The highest BCUT2D eigenvalue weighted by molar-refractivity contribution is 7.13. The second-order valence-electron chi connectivity index (χ2n) is 5.77. The van der Waals surface area contributed by atoms with E-state index in [-0.39, 0.29) is 0 Å². The highest BCUT2D eigenvalue weighted by Gasteiger charge is 2.16. The summed E-state index contributed by atoms with van der Waals surface area (Å²) >= 11 is 1.58. The highest BCUT2D eigenvalue weighted by atomic mass is 32.1. The lowest BCUT2D eigenvalue weighted by Gasteiger charge is -2.06. The van der Waals surface area contributed by atoms with Gasteiger partial charge in [-0.25, -0.2) is 15.0 Å². The van der Waals surface area contributed by atoms with Gasteiger partial charge in [-0.15, -0.1) is 11.3 Å². The SMILES string of the molecule is CCCCC#Cc1nc2c(N)nc(-c3cccs3)nc2n1CCOCC. The minimum Gasteiger partial charge on any atom is -0.382 e. The number of rotatable bonds is 7. The van der Waals surface area contributed by atoms with Gasteiger partial charge in [0, 0.05) is 13.0 Å². The van der Waals surface area contributed by atoms with Crippen molar-refractivity contribution in [2.24, 2.45) is 0 Å². The van der Waals surface area contributed by atoms with Crippen LogP contribution in [0.3, 0.4) is 0 Å². The first-order valence-corrected chi connectivity index (χ1v) is 9.76. The Kier molecular flexibility index (Phi) is 6.21. The molecule has 136 valence electrons. The molecule has 3 rings (SSSR count). The van der Waals surface area contributed by atoms with Crippen LogP contribution < -0.4 is 5.73 Å². The average molecular weight is 369 g/mol. The summed E-state index contributed by atoms with van der Waals surface area (Å²) in [6, 6.07) is 3.96. The summed E-state index contributed by atoms with van der Waals surface area (Å²) in [4.78, 5) is 14.7. The highest BCUT2D eigenvalue weighted by Crippen LogP contribution is 2.26. The summed E-state index contributed by atoms with van der Waals surface area (Å²) in [7, 11) is 0. The van der Waals surface area contributed by atoms with Gasteiger partial charge in [-0.05, 0) is 30.7 Å². The van der Waals surface area contributed by atoms with Crippen molar-refractivity contribution >= 4 is 28.3 Å². The van der Waals surface area contributed by atoms with Crippen LogP contribution >= 0.6 is 11.3 Å². The zero-order chi connectivity index (χ0) is 18.4. The molecule has 7 heteroatoms. The van der Waals surface area contributed by atoms with Gasteiger partial charge in [-0.3, -0.25) is 4.57 Å². The van der Waals surface area contributed by atoms with E-state index >= 15 is 0 Å². The Hall–Kier alpha value is -2.43. The molecule has 3 heterocycles. The molecule has 0 saturated carbocycles. The molecule has 0 amide bonds. The van der Waals surface area contributed by atoms with E-state index in [0.717, 1.165) is 24.1 Å². The van der Waals surface area contributed by atoms with Crippen molar-refractivity contribution in [2.45, 2.75) is 39.7 Å². The van der Waals surface area contributed by atoms with Crippen molar-refractivity contribution in [3.8, 4) is 22.5 Å². The topological polar surface area (TPSA) is 78.9 Å². The minimum absolute atomic E-state index is 0.380. The zero-order valence-electron chi connectivity index (χ0n) is 15.2. The average Bonchev–Trinajstić information content (AvgIpc) is 3.28. The predicted octanol–water partition coefficient (Wildman–Crippen LogP) is 3.72. The Labute approximate surface area is 157 Å². The normalized spacial score (nSPS) is 10.8. The first-order chi connectivity index (χ1) is 12.7. The van der Waals surface area contributed by atoms with Crippen LogP contribution in [0.1, 0.15) is 38.9 Å². The molecule has 0 bridgehead atoms. The number of hydrogen-bond donors (Lipinski definition) is 1. The predicted molar refractivity (Wildman–Crippen MR) is 106 cm³/mol. The first-order valence-electron chi connectivity index (χ1n) is 8.88. The van der Waals surface area contributed by atoms with Crippen LogP contribution in [0.2, 0.25) is 0 Å². The van der Waals surface area contributed by atoms with Crippen LogP contribution in [0.5, 0.6) is 0 Å². The molecule has 0 fully saturated rings. The molecule has 0 saturated heterocycles. The maximum atomic E-state index is 6.17. The van der Waals surface area contributed by atoms with Gasteiger partial charge >= 0.3 is 0 Å². The number of aromatic nitrogens is 4. The molecule has 2 N–H and O–H groups in total. The number of thiophene rings is 1. The summed E-state index contributed by atoms with van der Waals surface area (Å²) in [5.74, 6) is 8.03. The van der Waals surface area contributed by atoms with Crippen LogP contribution in [-0.2, 0) is 11.3 Å². The van der Waals surface area contributed by atoms with Gasteiger partial charge in [0.05, 0.1) is 18.0 Å². The molecule has 0 aliphatic rings. The fourth-order valence-corrected chi connectivity index (χ4v) is 3.21. The number of anilines is 1. The third-order valence-electron chi connectivity index (χ3n) is 3.88. The molecule has 3 aromatic heterocycles. The van der Waals surface area contributed by atoms with Gasteiger partial charge in [-0.2, -0.15) is 0 Å². The number of nitrogens with zero attached hydrogens (tertiary/aromatic N) is 4. The van der Waals surface area contributed by atoms with Crippen molar-refractivity contribution in [2.75, 3.05) is 18.9 Å². The molecule has 0 atom stereocenters. The summed E-state index contributed by atoms with van der Waals surface area (Å²) in [6.07, 6.45) is 3.06. The van der Waals surface area contributed by atoms with E-state index in [9.17, 15) is 0 Å². The minimum atomic E-state index is 0.380. The van der Waals surface area contributed by atoms with Gasteiger partial charge in [0.25, 0.3) is 0 Å². The standard InChI is InChI=1S/C19H23N5OS/c1-3-5-6-7-10-15-21-16-17(20)22-18(14-9-8-13-26-14)23-19(16)24(15)11-12-25-4-2/h8-9,13H,3-6,11-12H2,1-2H3,(H2,20,22,23). The van der Waals surface area contributed by atoms with E-state index in [1.165, 1.54) is 0 Å². The number of nitrogens with two attached hydrogens (primary N) is 1. The first kappa shape index (κ1) is 18.4. The van der Waals surface area contributed by atoms with E-state index < -0.39 is 0 Å². The summed E-state index contributed by atoms with van der Waals surface area (Å²) < 4.78 is 7.50. The Morgan fingerprint density at radius 3 is 2.88 bits per heavy atom. The van der Waals surface area contributed by atoms with Gasteiger partial charge in [0.15, 0.2) is 28.6 Å². The number of nitrogen functional groups attached to an aromatic ring is 1. The van der Waals surface area contributed by atoms with E-state index in [4.69, 9.17) is 15.5 Å². The van der Waals surface area contributed by atoms with Crippen LogP contribution in [0, 0.1) is 11.8 Å². The van der Waals surface area contributed by atoms with E-state index in [2.05, 4.69) is 28.7 Å². The smallest absolute Gasteiger partial charge is 0.187 e. The second-order valence-corrected chi connectivity index (χ2v) is 6.72. The molecule has 0 aliphatic heterocycles. The van der Waals surface area contributed by atoms with Gasteiger partial charge in [0.2, 0.25) is 0 Å². The third-order valence-corrected chi connectivity index (χ3v) is 4.75. The third kappa shape index (κ3) is 4.03. The molecular formula is C19H23N5OS. The fourth-order valence-electron chi connectivity index (χ4n) is 2.55. The fraction of sp³-hybridized carbons (Fsp3) is 0.421. The Morgan fingerprint density at radius 1 is 1.27 bits per heavy atom. The lowest BCUT2D eigenvalue weighted by atomic mass is 10.2. The Morgan fingerprint density at radius 2 is 2.15 bits per heavy atom. The maximum absolute atomic E-state index is 6.17. The summed E-state index contributed by atoms with van der Waals surface area (Å²) in [5, 5.41) is 2.00. The molecule has 6 nitrogen and oxygen atoms in total. The van der Waals surface area contributed by atoms with Gasteiger partial charge in [-0.1, -0.05) is 25.3 Å². The van der Waals surface area contributed by atoms with Gasteiger partial charge < -0.3 is 10.5 Å². The molecular weight excluding hydrogens is 346 g/mol. The lowest BCUT2D eigenvalue weighted by molar-refractivity contribution is 0.139. The lowest BCUT2D eigenvalue weighted by Crippen LogP contribution is -2.09. The largest absolute Gasteiger partial charge is 0.382 e. The van der Waals surface area contributed by atoms with E-state index in [0.29, 0.717) is 48.4 Å². The van der Waals surface area contributed by atoms with Crippen molar-refractivity contribution in [1.82, 2.24) is 19.5 Å². The van der Waals surface area contributed by atoms with E-state index in [1.54, 1.807) is 11.3 Å². The van der Waals surface area contributed by atoms with Crippen LogP contribution in [-0.4, -0.2) is 32.7 Å². The summed E-state index contributed by atoms with van der Waals surface area (Å²) in [5.41, 5.74) is 7.48. The molecule has 26 heavy (non-hydrogen) atoms. The Balaban J connectivity index is 2.05. The molecule has 0 unspecified atom stereocenters. The molecule has 3 aromatic rings. The second kappa shape index (κ2) is 8.79. The zero-order valence-corrected chi connectivity index (χ0v) is 16.0. The number of hydrogen-bond acceptors (Lipinski definition) is 6. The molecule has 0 spiro atoms. The van der Waals surface area contributed by atoms with Crippen molar-refractivity contribution < 1.29 is 4.74 Å². The number of unbranched alkanes of at least 4 members (excludes halogenated alkanes) is 2. The monoisotopic (exact) mass is 369 g/mol. The molecule has 0 aliphatic carbocycles. The van der Waals surface area contributed by atoms with E-state index in [1.807, 2.05) is 29.0 Å². The number of fused-ring (bicyclic) bond motifs is 1. The summed E-state index contributed by atoms with van der Waals surface area (Å²) in [6.45, 7) is 6.00. The number of imidazole rings is 1. The maximum Gasteiger partial charge on any atom is 0.187 e. The van der Waals surface area contributed by atoms with Gasteiger partial charge in [0.1, 0.15) is 0 Å². The quantitative estimate of drug-likeness (QED) is 0.507. The van der Waals surface area contributed by atoms with Crippen LogP contribution in [0.15, 0.2) is 17.5 Å². The molecule has 0 aromatic carbocycles. The van der Waals surface area contributed by atoms with Crippen molar-refractivity contribution in [3.63, 3.8) is 0 Å². The Bertz CT molecular complexity index is 921. The number of ether oxygens (including phenoxy) is 1. The molecule has 0 radical (unpaired) electrons.